The van der Waals surface area contributed by atoms with Crippen molar-refractivity contribution < 1.29 is 4.39 Å². The number of nitrogens with zero attached hydrogens (tertiary/aromatic N) is 2. The normalized spacial score (nSPS) is 12.6. The second-order valence-corrected chi connectivity index (χ2v) is 4.33. The third-order valence-corrected chi connectivity index (χ3v) is 2.80. The van der Waals surface area contributed by atoms with Gasteiger partial charge < -0.3 is 5.32 Å². The molecule has 0 bridgehead atoms. The van der Waals surface area contributed by atoms with E-state index in [1.54, 1.807) is 6.07 Å². The van der Waals surface area contributed by atoms with Gasteiger partial charge in [0.05, 0.1) is 0 Å². The van der Waals surface area contributed by atoms with Gasteiger partial charge in [0.15, 0.2) is 0 Å². The zero-order valence-electron chi connectivity index (χ0n) is 10.4. The number of H-pyrrole nitrogens is 1. The maximum atomic E-state index is 13.4. The predicted molar refractivity (Wildman–Crippen MR) is 67.7 cm³/mol. The van der Waals surface area contributed by atoms with Crippen LogP contribution in [0.3, 0.4) is 0 Å². The maximum absolute atomic E-state index is 13.4. The standard InChI is InChI=1S/C13H17FN4/c1-10(8-11-4-2-3-5-12(11)14)15-7-6-13-16-9-17-18-13/h2-5,9-10,15H,6-8H2,1H3,(H,16,17,18). The third-order valence-electron chi connectivity index (χ3n) is 2.80. The lowest BCUT2D eigenvalue weighted by molar-refractivity contribution is 0.525. The molecule has 18 heavy (non-hydrogen) atoms. The fraction of sp³-hybridized carbons (Fsp3) is 0.385. The van der Waals surface area contributed by atoms with Crippen molar-refractivity contribution in [2.24, 2.45) is 0 Å². The Labute approximate surface area is 106 Å². The molecule has 2 N–H and O–H groups in total. The van der Waals surface area contributed by atoms with E-state index in [2.05, 4.69) is 20.5 Å². The Kier molecular flexibility index (Phi) is 4.41. The molecule has 0 spiro atoms. The summed E-state index contributed by atoms with van der Waals surface area (Å²) in [6, 6.07) is 7.12. The summed E-state index contributed by atoms with van der Waals surface area (Å²) in [6.07, 6.45) is 2.97. The van der Waals surface area contributed by atoms with Crippen molar-refractivity contribution >= 4 is 0 Å². The summed E-state index contributed by atoms with van der Waals surface area (Å²) in [5, 5.41) is 9.94. The highest BCUT2D eigenvalue weighted by Gasteiger charge is 2.06. The highest BCUT2D eigenvalue weighted by Crippen LogP contribution is 2.08. The highest BCUT2D eigenvalue weighted by atomic mass is 19.1. The van der Waals surface area contributed by atoms with E-state index in [-0.39, 0.29) is 11.9 Å². The molecular formula is C13H17FN4. The molecule has 0 saturated heterocycles. The van der Waals surface area contributed by atoms with E-state index in [4.69, 9.17) is 0 Å². The molecule has 0 aliphatic carbocycles. The average molecular weight is 248 g/mol. The van der Waals surface area contributed by atoms with E-state index in [9.17, 15) is 4.39 Å². The molecule has 0 aliphatic heterocycles. The van der Waals surface area contributed by atoms with Crippen molar-refractivity contribution in [3.05, 3.63) is 47.8 Å². The van der Waals surface area contributed by atoms with Crippen LogP contribution in [0.2, 0.25) is 0 Å². The van der Waals surface area contributed by atoms with Gasteiger partial charge in [-0.3, -0.25) is 5.10 Å². The van der Waals surface area contributed by atoms with Crippen LogP contribution < -0.4 is 5.32 Å². The lowest BCUT2D eigenvalue weighted by atomic mass is 10.1. The zero-order chi connectivity index (χ0) is 12.8. The number of hydrogen-bond acceptors (Lipinski definition) is 3. The monoisotopic (exact) mass is 248 g/mol. The van der Waals surface area contributed by atoms with Gasteiger partial charge in [0.2, 0.25) is 0 Å². The van der Waals surface area contributed by atoms with E-state index in [0.29, 0.717) is 6.42 Å². The minimum atomic E-state index is -0.138. The van der Waals surface area contributed by atoms with E-state index >= 15 is 0 Å². The van der Waals surface area contributed by atoms with Gasteiger partial charge in [0.25, 0.3) is 0 Å². The number of aromatic amines is 1. The van der Waals surface area contributed by atoms with Gasteiger partial charge in [0, 0.05) is 19.0 Å². The van der Waals surface area contributed by atoms with E-state index in [1.807, 2.05) is 19.1 Å². The van der Waals surface area contributed by atoms with Crippen LogP contribution in [0.1, 0.15) is 18.3 Å². The van der Waals surface area contributed by atoms with Crippen LogP contribution in [-0.2, 0) is 12.8 Å². The SMILES string of the molecule is CC(Cc1ccccc1F)NCCc1ncn[nH]1. The fourth-order valence-corrected chi connectivity index (χ4v) is 1.85. The minimum absolute atomic E-state index is 0.138. The van der Waals surface area contributed by atoms with Gasteiger partial charge in [0.1, 0.15) is 18.0 Å². The number of aromatic nitrogens is 3. The van der Waals surface area contributed by atoms with Crippen LogP contribution in [0.25, 0.3) is 0 Å². The van der Waals surface area contributed by atoms with Crippen molar-refractivity contribution in [3.8, 4) is 0 Å². The Bertz CT molecular complexity index is 470. The molecule has 0 amide bonds. The second-order valence-electron chi connectivity index (χ2n) is 4.33. The van der Waals surface area contributed by atoms with E-state index in [1.165, 1.54) is 12.4 Å². The van der Waals surface area contributed by atoms with Crippen LogP contribution in [-0.4, -0.2) is 27.8 Å². The Hall–Kier alpha value is -1.75. The summed E-state index contributed by atoms with van der Waals surface area (Å²) in [6.45, 7) is 2.84. The van der Waals surface area contributed by atoms with E-state index in [0.717, 1.165) is 24.4 Å². The van der Waals surface area contributed by atoms with Crippen LogP contribution in [0, 0.1) is 5.82 Å². The number of halogens is 1. The largest absolute Gasteiger partial charge is 0.313 e. The second kappa shape index (κ2) is 6.26. The van der Waals surface area contributed by atoms with Gasteiger partial charge >= 0.3 is 0 Å². The molecule has 1 unspecified atom stereocenters. The lowest BCUT2D eigenvalue weighted by Crippen LogP contribution is -2.30. The topological polar surface area (TPSA) is 53.6 Å². The summed E-state index contributed by atoms with van der Waals surface area (Å²) < 4.78 is 13.4. The Morgan fingerprint density at radius 1 is 1.39 bits per heavy atom. The molecule has 0 saturated carbocycles. The van der Waals surface area contributed by atoms with Crippen molar-refractivity contribution in [1.82, 2.24) is 20.5 Å². The Morgan fingerprint density at radius 3 is 2.94 bits per heavy atom. The van der Waals surface area contributed by atoms with Crippen molar-refractivity contribution in [3.63, 3.8) is 0 Å². The number of benzene rings is 1. The molecule has 0 radical (unpaired) electrons. The molecule has 96 valence electrons. The minimum Gasteiger partial charge on any atom is -0.313 e. The summed E-state index contributed by atoms with van der Waals surface area (Å²) in [5.74, 6) is 0.724. The summed E-state index contributed by atoms with van der Waals surface area (Å²) >= 11 is 0. The quantitative estimate of drug-likeness (QED) is 0.818. The number of rotatable bonds is 6. The van der Waals surface area contributed by atoms with Gasteiger partial charge in [-0.25, -0.2) is 9.37 Å². The van der Waals surface area contributed by atoms with Crippen LogP contribution in [0.4, 0.5) is 4.39 Å². The Morgan fingerprint density at radius 2 is 2.22 bits per heavy atom. The van der Waals surface area contributed by atoms with Crippen LogP contribution in [0.15, 0.2) is 30.6 Å². The molecule has 1 aromatic heterocycles. The molecule has 1 atom stereocenters. The number of nitrogens with one attached hydrogen (secondary N) is 2. The van der Waals surface area contributed by atoms with Gasteiger partial charge in [-0.2, -0.15) is 5.10 Å². The van der Waals surface area contributed by atoms with Crippen LogP contribution in [0.5, 0.6) is 0 Å². The molecule has 4 nitrogen and oxygen atoms in total. The van der Waals surface area contributed by atoms with Gasteiger partial charge in [-0.1, -0.05) is 18.2 Å². The molecule has 2 aromatic rings. The molecule has 0 aliphatic rings. The first-order valence-corrected chi connectivity index (χ1v) is 6.06. The first-order chi connectivity index (χ1) is 8.75. The predicted octanol–water partition coefficient (Wildman–Crippen LogP) is 1.71. The number of hydrogen-bond donors (Lipinski definition) is 2. The Balaban J connectivity index is 1.75. The summed E-state index contributed by atoms with van der Waals surface area (Å²) in [5.41, 5.74) is 0.747. The molecule has 1 aromatic carbocycles. The molecule has 0 fully saturated rings. The first-order valence-electron chi connectivity index (χ1n) is 6.06. The van der Waals surface area contributed by atoms with Crippen molar-refractivity contribution in [2.75, 3.05) is 6.54 Å². The summed E-state index contributed by atoms with van der Waals surface area (Å²) in [4.78, 5) is 4.04. The fourth-order valence-electron chi connectivity index (χ4n) is 1.85. The first kappa shape index (κ1) is 12.7. The molecule has 2 rings (SSSR count). The van der Waals surface area contributed by atoms with Crippen molar-refractivity contribution in [2.45, 2.75) is 25.8 Å². The maximum Gasteiger partial charge on any atom is 0.137 e. The highest BCUT2D eigenvalue weighted by molar-refractivity contribution is 5.18. The van der Waals surface area contributed by atoms with Gasteiger partial charge in [-0.05, 0) is 25.0 Å². The third kappa shape index (κ3) is 3.63. The zero-order valence-corrected chi connectivity index (χ0v) is 10.4. The lowest BCUT2D eigenvalue weighted by Gasteiger charge is -2.13. The van der Waals surface area contributed by atoms with Gasteiger partial charge in [-0.15, -0.1) is 0 Å². The van der Waals surface area contributed by atoms with E-state index < -0.39 is 0 Å². The van der Waals surface area contributed by atoms with Crippen LogP contribution >= 0.6 is 0 Å². The average Bonchev–Trinajstić information content (AvgIpc) is 2.85. The smallest absolute Gasteiger partial charge is 0.137 e. The molecular weight excluding hydrogens is 231 g/mol. The molecule has 5 heteroatoms. The molecule has 1 heterocycles. The van der Waals surface area contributed by atoms with Crippen molar-refractivity contribution in [1.29, 1.82) is 0 Å². The summed E-state index contributed by atoms with van der Waals surface area (Å²) in [7, 11) is 0.